The normalized spacial score (nSPS) is 12.1. The van der Waals surface area contributed by atoms with Gasteiger partial charge in [-0.2, -0.15) is 18.2 Å². The molecule has 3 aromatic rings. The molecule has 0 radical (unpaired) electrons. The Hall–Kier alpha value is -4.02. The van der Waals surface area contributed by atoms with Crippen molar-refractivity contribution in [3.63, 3.8) is 0 Å². The number of ketones is 1. The van der Waals surface area contributed by atoms with Crippen LogP contribution in [0.2, 0.25) is 0 Å². The van der Waals surface area contributed by atoms with E-state index in [-0.39, 0.29) is 29.4 Å². The van der Waals surface area contributed by atoms with Crippen LogP contribution in [-0.4, -0.2) is 34.4 Å². The molecule has 2 heterocycles. The Kier molecular flexibility index (Phi) is 8.23. The lowest BCUT2D eigenvalue weighted by molar-refractivity contribution is -0.154. The molecule has 1 N–H and O–H groups in total. The van der Waals surface area contributed by atoms with Gasteiger partial charge in [0.2, 0.25) is 11.8 Å². The first-order chi connectivity index (χ1) is 16.9. The Morgan fingerprint density at radius 1 is 1.06 bits per heavy atom. The first-order valence-corrected chi connectivity index (χ1v) is 10.8. The van der Waals surface area contributed by atoms with Crippen molar-refractivity contribution in [2.24, 2.45) is 0 Å². The van der Waals surface area contributed by atoms with Gasteiger partial charge in [0, 0.05) is 23.9 Å². The minimum absolute atomic E-state index is 0.0581. The highest BCUT2D eigenvalue weighted by atomic mass is 19.4. The van der Waals surface area contributed by atoms with Gasteiger partial charge in [0.25, 0.3) is 5.91 Å². The second kappa shape index (κ2) is 11.1. The molecule has 0 aliphatic heterocycles. The van der Waals surface area contributed by atoms with Crippen LogP contribution in [0.4, 0.5) is 17.6 Å². The second-order valence-corrected chi connectivity index (χ2v) is 8.07. The van der Waals surface area contributed by atoms with Crippen LogP contribution < -0.4 is 14.8 Å². The van der Waals surface area contributed by atoms with Crippen molar-refractivity contribution >= 4 is 11.7 Å². The smallest absolute Gasteiger partial charge is 0.422 e. The zero-order valence-corrected chi connectivity index (χ0v) is 19.6. The second-order valence-electron chi connectivity index (χ2n) is 8.07. The summed E-state index contributed by atoms with van der Waals surface area (Å²) in [7, 11) is 0. The average molecular weight is 505 g/mol. The molecule has 1 amide bonds. The molecule has 0 fully saturated rings. The number of carbonyl (C=O) groups excluding carboxylic acids is 2. The molecule has 1 unspecified atom stereocenters. The molecule has 0 saturated heterocycles. The molecule has 1 aromatic carbocycles. The fourth-order valence-corrected chi connectivity index (χ4v) is 3.24. The van der Waals surface area contributed by atoms with Crippen LogP contribution in [0.15, 0.2) is 48.5 Å². The first kappa shape index (κ1) is 26.6. The van der Waals surface area contributed by atoms with E-state index in [0.29, 0.717) is 17.0 Å². The predicted octanol–water partition coefficient (Wildman–Crippen LogP) is 5.28. The molecule has 0 aliphatic rings. The summed E-state index contributed by atoms with van der Waals surface area (Å²) in [4.78, 5) is 32.8. The summed E-state index contributed by atoms with van der Waals surface area (Å²) in [6, 6.07) is 10.1. The van der Waals surface area contributed by atoms with Crippen molar-refractivity contribution in [1.82, 2.24) is 15.3 Å². The van der Waals surface area contributed by atoms with Crippen LogP contribution in [0.3, 0.4) is 0 Å². The third kappa shape index (κ3) is 7.76. The molecule has 0 bridgehead atoms. The Labute approximate surface area is 204 Å². The Morgan fingerprint density at radius 3 is 2.39 bits per heavy atom. The third-order valence-corrected chi connectivity index (χ3v) is 4.80. The zero-order valence-electron chi connectivity index (χ0n) is 19.6. The Morgan fingerprint density at radius 2 is 1.75 bits per heavy atom. The number of benzene rings is 1. The lowest BCUT2D eigenvalue weighted by Crippen LogP contribution is -2.27. The molecular weight excluding hydrogens is 482 g/mol. The van der Waals surface area contributed by atoms with Gasteiger partial charge < -0.3 is 14.8 Å². The van der Waals surface area contributed by atoms with E-state index < -0.39 is 36.4 Å². The van der Waals surface area contributed by atoms with Gasteiger partial charge in [-0.05, 0) is 68.8 Å². The molecule has 0 spiro atoms. The number of hydrogen-bond donors (Lipinski definition) is 1. The first-order valence-electron chi connectivity index (χ1n) is 10.8. The van der Waals surface area contributed by atoms with E-state index in [1.807, 2.05) is 0 Å². The van der Waals surface area contributed by atoms with E-state index in [4.69, 9.17) is 4.74 Å². The molecule has 11 heteroatoms. The number of aryl methyl sites for hydroxylation is 1. The van der Waals surface area contributed by atoms with Crippen LogP contribution in [0, 0.1) is 12.7 Å². The molecule has 0 aliphatic carbocycles. The molecule has 1 atom stereocenters. The van der Waals surface area contributed by atoms with Crippen molar-refractivity contribution in [1.29, 1.82) is 0 Å². The van der Waals surface area contributed by atoms with Gasteiger partial charge in [-0.1, -0.05) is 0 Å². The van der Waals surface area contributed by atoms with Crippen LogP contribution >= 0.6 is 0 Å². The maximum Gasteiger partial charge on any atom is 0.422 e. The number of amides is 1. The summed E-state index contributed by atoms with van der Waals surface area (Å²) < 4.78 is 61.2. The van der Waals surface area contributed by atoms with Gasteiger partial charge in [0.05, 0.1) is 6.04 Å². The summed E-state index contributed by atoms with van der Waals surface area (Å²) in [5.74, 6) is -1.84. The highest BCUT2D eigenvalue weighted by Crippen LogP contribution is 2.28. The van der Waals surface area contributed by atoms with Gasteiger partial charge in [0.15, 0.2) is 6.61 Å². The lowest BCUT2D eigenvalue weighted by Gasteiger charge is -2.18. The lowest BCUT2D eigenvalue weighted by atomic mass is 10.0. The molecule has 190 valence electrons. The maximum absolute atomic E-state index is 13.3. The largest absolute Gasteiger partial charge is 0.468 e. The number of ether oxygens (including phenoxy) is 2. The van der Waals surface area contributed by atoms with Crippen molar-refractivity contribution < 1.29 is 36.6 Å². The summed E-state index contributed by atoms with van der Waals surface area (Å²) >= 11 is 0. The molecule has 3 rings (SSSR count). The number of Topliss-reactive ketones (excluding diaryl/α,β-unsaturated/α-hetero) is 1. The third-order valence-electron chi connectivity index (χ3n) is 4.80. The number of rotatable bonds is 9. The quantitative estimate of drug-likeness (QED) is 0.398. The SMILES string of the molecule is CC(=O)Cc1cc(C(C)NC(=O)c2ccc(OCC(F)(F)F)nc2Oc2ccc(F)cc2)cc(C)n1. The Balaban J connectivity index is 1.87. The van der Waals surface area contributed by atoms with E-state index in [0.717, 1.165) is 18.2 Å². The van der Waals surface area contributed by atoms with Gasteiger partial charge in [-0.3, -0.25) is 14.6 Å². The topological polar surface area (TPSA) is 90.4 Å². The number of alkyl halides is 3. The van der Waals surface area contributed by atoms with E-state index in [2.05, 4.69) is 20.0 Å². The molecule has 7 nitrogen and oxygen atoms in total. The van der Waals surface area contributed by atoms with Crippen LogP contribution in [0.5, 0.6) is 17.5 Å². The van der Waals surface area contributed by atoms with Gasteiger partial charge in [-0.25, -0.2) is 4.39 Å². The minimum Gasteiger partial charge on any atom is -0.468 e. The van der Waals surface area contributed by atoms with Crippen molar-refractivity contribution in [3.8, 4) is 17.5 Å². The highest BCUT2D eigenvalue weighted by Gasteiger charge is 2.29. The number of nitrogens with one attached hydrogen (secondary N) is 1. The van der Waals surface area contributed by atoms with Crippen LogP contribution in [0.1, 0.15) is 47.2 Å². The Bertz CT molecular complexity index is 1250. The fourth-order valence-electron chi connectivity index (χ4n) is 3.24. The summed E-state index contributed by atoms with van der Waals surface area (Å²) in [6.45, 7) is 3.36. The number of carbonyl (C=O) groups is 2. The standard InChI is InChI=1S/C25H23F4N3O4/c1-14-10-17(12-19(30-14)11-15(2)33)16(3)31-23(34)21-8-9-22(35-13-25(27,28)29)32-24(21)36-20-6-4-18(26)5-7-20/h4-10,12,16H,11,13H2,1-3H3,(H,31,34). The molecule has 2 aromatic heterocycles. The van der Waals surface area contributed by atoms with Crippen LogP contribution in [0.25, 0.3) is 0 Å². The number of halogens is 4. The monoisotopic (exact) mass is 505 g/mol. The van der Waals surface area contributed by atoms with Crippen LogP contribution in [-0.2, 0) is 11.2 Å². The summed E-state index contributed by atoms with van der Waals surface area (Å²) in [6.07, 6.45) is -4.44. The number of hydrogen-bond acceptors (Lipinski definition) is 6. The fraction of sp³-hybridized carbons (Fsp3) is 0.280. The number of pyridine rings is 2. The molecule has 0 saturated carbocycles. The number of aromatic nitrogens is 2. The van der Waals surface area contributed by atoms with Gasteiger partial charge in [0.1, 0.15) is 22.9 Å². The summed E-state index contributed by atoms with van der Waals surface area (Å²) in [5, 5.41) is 2.78. The van der Waals surface area contributed by atoms with Crippen molar-refractivity contribution in [2.45, 2.75) is 39.4 Å². The summed E-state index contributed by atoms with van der Waals surface area (Å²) in [5.41, 5.74) is 1.84. The minimum atomic E-state index is -4.59. The maximum atomic E-state index is 13.3. The highest BCUT2D eigenvalue weighted by molar-refractivity contribution is 5.96. The van der Waals surface area contributed by atoms with E-state index in [9.17, 15) is 27.2 Å². The average Bonchev–Trinajstić information content (AvgIpc) is 2.78. The van der Waals surface area contributed by atoms with Crippen molar-refractivity contribution in [2.75, 3.05) is 6.61 Å². The van der Waals surface area contributed by atoms with E-state index >= 15 is 0 Å². The van der Waals surface area contributed by atoms with Gasteiger partial charge >= 0.3 is 6.18 Å². The molecule has 36 heavy (non-hydrogen) atoms. The zero-order chi connectivity index (χ0) is 26.5. The van der Waals surface area contributed by atoms with E-state index in [1.54, 1.807) is 26.0 Å². The van der Waals surface area contributed by atoms with E-state index in [1.165, 1.54) is 25.1 Å². The van der Waals surface area contributed by atoms with Crippen molar-refractivity contribution in [3.05, 3.63) is 76.9 Å². The predicted molar refractivity (Wildman–Crippen MR) is 122 cm³/mol. The van der Waals surface area contributed by atoms with Gasteiger partial charge in [-0.15, -0.1) is 0 Å². The molecular formula is C25H23F4N3O4. The number of nitrogens with zero attached hydrogens (tertiary/aromatic N) is 2.